The van der Waals surface area contributed by atoms with E-state index in [2.05, 4.69) is 5.32 Å². The van der Waals surface area contributed by atoms with Crippen LogP contribution >= 0.6 is 0 Å². The standard InChI is InChI=1S/C15H21F3N2O/c1-4-9-19-13-8-6-5-7-12(13)14(21)20(11(2)3)10-15(16,17)18/h5-8,11,19H,4,9-10H2,1-3H3. The Bertz CT molecular complexity index is 472. The normalized spacial score (nSPS) is 11.6. The Hall–Kier alpha value is -1.72. The fraction of sp³-hybridized carbons (Fsp3) is 0.533. The van der Waals surface area contributed by atoms with Gasteiger partial charge < -0.3 is 10.2 Å². The third kappa shape index (κ3) is 5.28. The summed E-state index contributed by atoms with van der Waals surface area (Å²) in [6.45, 7) is 4.54. The Morgan fingerprint density at radius 3 is 2.43 bits per heavy atom. The summed E-state index contributed by atoms with van der Waals surface area (Å²) in [7, 11) is 0. The maximum Gasteiger partial charge on any atom is 0.406 e. The number of carbonyl (C=O) groups excluding carboxylic acids is 1. The minimum Gasteiger partial charge on any atom is -0.384 e. The molecule has 0 radical (unpaired) electrons. The smallest absolute Gasteiger partial charge is 0.384 e. The van der Waals surface area contributed by atoms with Crippen LogP contribution in [0.5, 0.6) is 0 Å². The third-order valence-electron chi connectivity index (χ3n) is 2.96. The monoisotopic (exact) mass is 302 g/mol. The minimum atomic E-state index is -4.41. The molecule has 0 spiro atoms. The van der Waals surface area contributed by atoms with E-state index in [1.807, 2.05) is 6.92 Å². The zero-order chi connectivity index (χ0) is 16.0. The number of alkyl halides is 3. The summed E-state index contributed by atoms with van der Waals surface area (Å²) in [4.78, 5) is 13.3. The molecule has 0 aliphatic rings. The molecule has 6 heteroatoms. The van der Waals surface area contributed by atoms with E-state index < -0.39 is 24.7 Å². The number of para-hydroxylation sites is 1. The summed E-state index contributed by atoms with van der Waals surface area (Å²) in [5.74, 6) is -0.610. The lowest BCUT2D eigenvalue weighted by atomic mass is 10.1. The molecule has 0 heterocycles. The molecule has 0 bridgehead atoms. The lowest BCUT2D eigenvalue weighted by Crippen LogP contribution is -2.43. The van der Waals surface area contributed by atoms with Crippen LogP contribution in [0, 0.1) is 0 Å². The molecule has 3 nitrogen and oxygen atoms in total. The topological polar surface area (TPSA) is 32.3 Å². The SMILES string of the molecule is CCCNc1ccccc1C(=O)N(CC(F)(F)F)C(C)C. The fourth-order valence-corrected chi connectivity index (χ4v) is 1.92. The van der Waals surface area contributed by atoms with Gasteiger partial charge in [-0.2, -0.15) is 13.2 Å². The Balaban J connectivity index is 3.04. The summed E-state index contributed by atoms with van der Waals surface area (Å²) in [5, 5.41) is 3.07. The average molecular weight is 302 g/mol. The van der Waals surface area contributed by atoms with E-state index in [-0.39, 0.29) is 5.56 Å². The van der Waals surface area contributed by atoms with E-state index in [0.29, 0.717) is 12.2 Å². The molecular weight excluding hydrogens is 281 g/mol. The minimum absolute atomic E-state index is 0.267. The van der Waals surface area contributed by atoms with Crippen LogP contribution in [-0.4, -0.2) is 36.1 Å². The number of hydrogen-bond acceptors (Lipinski definition) is 2. The number of rotatable bonds is 6. The van der Waals surface area contributed by atoms with Crippen LogP contribution in [-0.2, 0) is 0 Å². The van der Waals surface area contributed by atoms with Gasteiger partial charge in [0.2, 0.25) is 0 Å². The molecule has 0 aromatic heterocycles. The molecule has 0 aliphatic heterocycles. The highest BCUT2D eigenvalue weighted by Crippen LogP contribution is 2.23. The van der Waals surface area contributed by atoms with Gasteiger partial charge in [0.15, 0.2) is 0 Å². The second kappa shape index (κ2) is 7.33. The molecular formula is C15H21F3N2O. The number of halogens is 3. The fourth-order valence-electron chi connectivity index (χ4n) is 1.92. The van der Waals surface area contributed by atoms with Crippen LogP contribution < -0.4 is 5.32 Å². The molecule has 118 valence electrons. The van der Waals surface area contributed by atoms with E-state index in [1.54, 1.807) is 38.1 Å². The van der Waals surface area contributed by atoms with Crippen LogP contribution in [0.3, 0.4) is 0 Å². The number of anilines is 1. The summed E-state index contributed by atoms with van der Waals surface area (Å²) < 4.78 is 37.9. The second-order valence-electron chi connectivity index (χ2n) is 5.11. The first-order valence-electron chi connectivity index (χ1n) is 6.97. The first-order valence-corrected chi connectivity index (χ1v) is 6.97. The molecule has 0 aliphatic carbocycles. The summed E-state index contributed by atoms with van der Waals surface area (Å²) in [6, 6.07) is 6.12. The van der Waals surface area contributed by atoms with Crippen molar-refractivity contribution >= 4 is 11.6 Å². The van der Waals surface area contributed by atoms with Gasteiger partial charge in [-0.15, -0.1) is 0 Å². The molecule has 21 heavy (non-hydrogen) atoms. The number of carbonyl (C=O) groups is 1. The number of benzene rings is 1. The highest BCUT2D eigenvalue weighted by atomic mass is 19.4. The van der Waals surface area contributed by atoms with Crippen molar-refractivity contribution in [3.05, 3.63) is 29.8 Å². The molecule has 1 aromatic carbocycles. The second-order valence-corrected chi connectivity index (χ2v) is 5.11. The largest absolute Gasteiger partial charge is 0.406 e. The van der Waals surface area contributed by atoms with Gasteiger partial charge in [-0.25, -0.2) is 0 Å². The van der Waals surface area contributed by atoms with Crippen LogP contribution in [0.2, 0.25) is 0 Å². The Labute approximate surface area is 123 Å². The van der Waals surface area contributed by atoms with Gasteiger partial charge in [0.05, 0.1) is 5.56 Å². The van der Waals surface area contributed by atoms with Gasteiger partial charge in [0.1, 0.15) is 6.54 Å². The first kappa shape index (κ1) is 17.3. The number of nitrogens with one attached hydrogen (secondary N) is 1. The van der Waals surface area contributed by atoms with Gasteiger partial charge in [-0.05, 0) is 32.4 Å². The van der Waals surface area contributed by atoms with Gasteiger partial charge in [-0.1, -0.05) is 19.1 Å². The maximum absolute atomic E-state index is 12.6. The van der Waals surface area contributed by atoms with Crippen molar-refractivity contribution in [2.24, 2.45) is 0 Å². The van der Waals surface area contributed by atoms with Gasteiger partial charge in [0, 0.05) is 18.3 Å². The van der Waals surface area contributed by atoms with E-state index in [0.717, 1.165) is 11.3 Å². The van der Waals surface area contributed by atoms with Crippen molar-refractivity contribution in [3.63, 3.8) is 0 Å². The van der Waals surface area contributed by atoms with Crippen molar-refractivity contribution in [1.29, 1.82) is 0 Å². The van der Waals surface area contributed by atoms with Crippen molar-refractivity contribution in [3.8, 4) is 0 Å². The molecule has 1 amide bonds. The zero-order valence-corrected chi connectivity index (χ0v) is 12.5. The van der Waals surface area contributed by atoms with E-state index in [9.17, 15) is 18.0 Å². The third-order valence-corrected chi connectivity index (χ3v) is 2.96. The quantitative estimate of drug-likeness (QED) is 0.863. The molecule has 1 rings (SSSR count). The molecule has 0 fully saturated rings. The Kier molecular flexibility index (Phi) is 6.05. The maximum atomic E-state index is 12.6. The number of nitrogens with zero attached hydrogens (tertiary/aromatic N) is 1. The van der Waals surface area contributed by atoms with Crippen LogP contribution in [0.15, 0.2) is 24.3 Å². The van der Waals surface area contributed by atoms with Crippen LogP contribution in [0.4, 0.5) is 18.9 Å². The van der Waals surface area contributed by atoms with Gasteiger partial charge in [0.25, 0.3) is 5.91 Å². The first-order chi connectivity index (χ1) is 9.76. The molecule has 1 aromatic rings. The van der Waals surface area contributed by atoms with E-state index in [4.69, 9.17) is 0 Å². The highest BCUT2D eigenvalue weighted by Gasteiger charge is 2.35. The summed E-state index contributed by atoms with van der Waals surface area (Å²) >= 11 is 0. The number of amides is 1. The van der Waals surface area contributed by atoms with E-state index >= 15 is 0 Å². The summed E-state index contributed by atoms with van der Waals surface area (Å²) in [5.41, 5.74) is 0.834. The van der Waals surface area contributed by atoms with Gasteiger partial charge in [-0.3, -0.25) is 4.79 Å². The molecule has 1 N–H and O–H groups in total. The summed E-state index contributed by atoms with van der Waals surface area (Å²) in [6.07, 6.45) is -3.55. The van der Waals surface area contributed by atoms with Crippen molar-refractivity contribution in [1.82, 2.24) is 4.90 Å². The van der Waals surface area contributed by atoms with Crippen LogP contribution in [0.25, 0.3) is 0 Å². The molecule has 0 atom stereocenters. The predicted octanol–water partition coefficient (Wildman–Crippen LogP) is 3.92. The average Bonchev–Trinajstić information content (AvgIpc) is 2.41. The molecule has 0 saturated heterocycles. The predicted molar refractivity (Wildman–Crippen MR) is 77.5 cm³/mol. The van der Waals surface area contributed by atoms with E-state index in [1.165, 1.54) is 0 Å². The Morgan fingerprint density at radius 1 is 1.29 bits per heavy atom. The highest BCUT2D eigenvalue weighted by molar-refractivity contribution is 5.99. The molecule has 0 unspecified atom stereocenters. The van der Waals surface area contributed by atoms with Crippen molar-refractivity contribution < 1.29 is 18.0 Å². The zero-order valence-electron chi connectivity index (χ0n) is 12.5. The molecule has 0 saturated carbocycles. The lowest BCUT2D eigenvalue weighted by Gasteiger charge is -2.28. The lowest BCUT2D eigenvalue weighted by molar-refractivity contribution is -0.143. The van der Waals surface area contributed by atoms with Gasteiger partial charge >= 0.3 is 6.18 Å². The Morgan fingerprint density at radius 2 is 1.90 bits per heavy atom. The van der Waals surface area contributed by atoms with Crippen LogP contribution in [0.1, 0.15) is 37.6 Å². The van der Waals surface area contributed by atoms with Crippen molar-refractivity contribution in [2.45, 2.75) is 39.4 Å². The number of hydrogen-bond donors (Lipinski definition) is 1. The van der Waals surface area contributed by atoms with Crippen molar-refractivity contribution in [2.75, 3.05) is 18.4 Å².